The Hall–Kier alpha value is -3.12. The van der Waals surface area contributed by atoms with Crippen molar-refractivity contribution in [2.75, 3.05) is 13.7 Å². The number of aromatic nitrogens is 2. The van der Waals surface area contributed by atoms with E-state index >= 15 is 0 Å². The predicted octanol–water partition coefficient (Wildman–Crippen LogP) is 2.57. The number of fused-ring (bicyclic) bond motifs is 1. The molecule has 1 heterocycles. The van der Waals surface area contributed by atoms with E-state index in [2.05, 4.69) is 11.6 Å². The molecule has 6 nitrogen and oxygen atoms in total. The van der Waals surface area contributed by atoms with Crippen LogP contribution in [0, 0.1) is 0 Å². The molecule has 3 rings (SSSR count). The molecule has 0 saturated heterocycles. The van der Waals surface area contributed by atoms with Crippen LogP contribution in [0.5, 0.6) is 11.5 Å². The normalized spacial score (nSPS) is 11.9. The average molecular weight is 366 g/mol. The minimum Gasteiger partial charge on any atom is -0.493 e. The van der Waals surface area contributed by atoms with Crippen molar-refractivity contribution < 1.29 is 14.6 Å². The Labute approximate surface area is 157 Å². The summed E-state index contributed by atoms with van der Waals surface area (Å²) < 4.78 is 12.6. The van der Waals surface area contributed by atoms with Crippen LogP contribution in [0.1, 0.15) is 5.56 Å². The quantitative estimate of drug-likeness (QED) is 0.620. The molecule has 0 aliphatic carbocycles. The molecule has 27 heavy (non-hydrogen) atoms. The highest BCUT2D eigenvalue weighted by atomic mass is 16.5. The highest BCUT2D eigenvalue weighted by molar-refractivity contribution is 5.74. The first-order valence-electron chi connectivity index (χ1n) is 8.65. The number of aliphatic hydroxyl groups excluding tert-OH is 1. The SMILES string of the molecule is C=CCc1ccc(OC[C@H](O)Cn2c(=O)cnc3ccccc32)c(OC)c1. The lowest BCUT2D eigenvalue weighted by Crippen LogP contribution is -2.30. The molecule has 3 aromatic rings. The molecule has 6 heteroatoms. The Balaban J connectivity index is 1.72. The standard InChI is InChI=1S/C21H22N2O4/c1-3-6-15-9-10-19(20(11-15)26-2)27-14-16(24)13-23-18-8-5-4-7-17(18)22-12-21(23)25/h3-5,7-12,16,24H,1,6,13-14H2,2H3/t16-/m1/s1. The first-order chi connectivity index (χ1) is 13.1. The van der Waals surface area contributed by atoms with Gasteiger partial charge in [-0.3, -0.25) is 4.79 Å². The van der Waals surface area contributed by atoms with Gasteiger partial charge < -0.3 is 19.1 Å². The van der Waals surface area contributed by atoms with Gasteiger partial charge in [0.25, 0.3) is 5.56 Å². The first kappa shape index (κ1) is 18.7. The van der Waals surface area contributed by atoms with Crippen LogP contribution in [0.3, 0.4) is 0 Å². The zero-order valence-corrected chi connectivity index (χ0v) is 15.2. The van der Waals surface area contributed by atoms with Crippen molar-refractivity contribution in [3.8, 4) is 11.5 Å². The number of ether oxygens (including phenoxy) is 2. The second kappa shape index (κ2) is 8.51. The third kappa shape index (κ3) is 4.35. The van der Waals surface area contributed by atoms with E-state index in [1.54, 1.807) is 19.2 Å². The Morgan fingerprint density at radius 1 is 1.26 bits per heavy atom. The zero-order chi connectivity index (χ0) is 19.2. The summed E-state index contributed by atoms with van der Waals surface area (Å²) in [6.45, 7) is 3.86. The van der Waals surface area contributed by atoms with Crippen molar-refractivity contribution in [2.24, 2.45) is 0 Å². The monoisotopic (exact) mass is 366 g/mol. The second-order valence-corrected chi connectivity index (χ2v) is 6.14. The van der Waals surface area contributed by atoms with E-state index in [4.69, 9.17) is 9.47 Å². The topological polar surface area (TPSA) is 73.6 Å². The summed E-state index contributed by atoms with van der Waals surface area (Å²) in [6, 6.07) is 12.9. The molecule has 0 fully saturated rings. The molecule has 0 spiro atoms. The summed E-state index contributed by atoms with van der Waals surface area (Å²) in [7, 11) is 1.57. The van der Waals surface area contributed by atoms with Crippen molar-refractivity contribution in [2.45, 2.75) is 19.1 Å². The highest BCUT2D eigenvalue weighted by Crippen LogP contribution is 2.28. The van der Waals surface area contributed by atoms with E-state index in [9.17, 15) is 9.90 Å². The Bertz CT molecular complexity index is 997. The van der Waals surface area contributed by atoms with Crippen LogP contribution in [-0.2, 0) is 13.0 Å². The first-order valence-corrected chi connectivity index (χ1v) is 8.65. The van der Waals surface area contributed by atoms with Crippen molar-refractivity contribution in [3.63, 3.8) is 0 Å². The van der Waals surface area contributed by atoms with Gasteiger partial charge in [0, 0.05) is 0 Å². The predicted molar refractivity (Wildman–Crippen MR) is 104 cm³/mol. The molecule has 0 radical (unpaired) electrons. The lowest BCUT2D eigenvalue weighted by Gasteiger charge is -2.17. The maximum atomic E-state index is 12.2. The van der Waals surface area contributed by atoms with Gasteiger partial charge >= 0.3 is 0 Å². The van der Waals surface area contributed by atoms with Crippen molar-refractivity contribution in [3.05, 3.63) is 77.2 Å². The molecule has 1 N–H and O–H groups in total. The lowest BCUT2D eigenvalue weighted by atomic mass is 10.1. The van der Waals surface area contributed by atoms with Gasteiger partial charge in [-0.1, -0.05) is 24.3 Å². The fourth-order valence-electron chi connectivity index (χ4n) is 2.88. The Kier molecular flexibility index (Phi) is 5.88. The van der Waals surface area contributed by atoms with Crippen molar-refractivity contribution in [1.29, 1.82) is 0 Å². The fourth-order valence-corrected chi connectivity index (χ4v) is 2.88. The number of allylic oxidation sites excluding steroid dienone is 1. The van der Waals surface area contributed by atoms with Gasteiger partial charge in [0.2, 0.25) is 0 Å². The van der Waals surface area contributed by atoms with Crippen LogP contribution in [-0.4, -0.2) is 34.5 Å². The van der Waals surface area contributed by atoms with Gasteiger partial charge in [0.1, 0.15) is 12.7 Å². The van der Waals surface area contributed by atoms with Gasteiger partial charge in [0.05, 0.1) is 30.9 Å². The van der Waals surface area contributed by atoms with Crippen LogP contribution in [0.25, 0.3) is 11.0 Å². The molecule has 0 bridgehead atoms. The summed E-state index contributed by atoms with van der Waals surface area (Å²) in [5, 5.41) is 10.4. The summed E-state index contributed by atoms with van der Waals surface area (Å²) >= 11 is 0. The third-order valence-electron chi connectivity index (χ3n) is 4.19. The summed E-state index contributed by atoms with van der Waals surface area (Å²) in [6.07, 6.45) is 2.94. The molecule has 140 valence electrons. The van der Waals surface area contributed by atoms with Gasteiger partial charge in [-0.2, -0.15) is 0 Å². The zero-order valence-electron chi connectivity index (χ0n) is 15.2. The second-order valence-electron chi connectivity index (χ2n) is 6.14. The molecule has 2 aromatic carbocycles. The number of aliphatic hydroxyl groups is 1. The van der Waals surface area contributed by atoms with Crippen LogP contribution < -0.4 is 15.0 Å². The van der Waals surface area contributed by atoms with Crippen molar-refractivity contribution >= 4 is 11.0 Å². The van der Waals surface area contributed by atoms with Gasteiger partial charge in [-0.15, -0.1) is 6.58 Å². The number of methoxy groups -OCH3 is 1. The molecule has 0 aliphatic rings. The molecule has 0 aliphatic heterocycles. The average Bonchev–Trinajstić information content (AvgIpc) is 2.69. The summed E-state index contributed by atoms with van der Waals surface area (Å²) in [4.78, 5) is 16.3. The van der Waals surface area contributed by atoms with E-state index in [-0.39, 0.29) is 18.7 Å². The molecule has 0 saturated carbocycles. The van der Waals surface area contributed by atoms with Gasteiger partial charge in [-0.25, -0.2) is 4.98 Å². The Morgan fingerprint density at radius 2 is 2.07 bits per heavy atom. The fraction of sp³-hybridized carbons (Fsp3) is 0.238. The highest BCUT2D eigenvalue weighted by Gasteiger charge is 2.13. The largest absolute Gasteiger partial charge is 0.493 e. The number of benzene rings is 2. The maximum Gasteiger partial charge on any atom is 0.269 e. The van der Waals surface area contributed by atoms with Crippen LogP contribution >= 0.6 is 0 Å². The number of nitrogens with zero attached hydrogens (tertiary/aromatic N) is 2. The smallest absolute Gasteiger partial charge is 0.269 e. The third-order valence-corrected chi connectivity index (χ3v) is 4.19. The van der Waals surface area contributed by atoms with E-state index in [1.807, 2.05) is 36.4 Å². The molecule has 1 aromatic heterocycles. The van der Waals surface area contributed by atoms with Crippen LogP contribution in [0.15, 0.2) is 66.1 Å². The van der Waals surface area contributed by atoms with Gasteiger partial charge in [-0.05, 0) is 36.2 Å². The van der Waals surface area contributed by atoms with E-state index in [1.165, 1.54) is 10.8 Å². The molecule has 1 atom stereocenters. The van der Waals surface area contributed by atoms with Crippen LogP contribution in [0.4, 0.5) is 0 Å². The van der Waals surface area contributed by atoms with Gasteiger partial charge in [0.15, 0.2) is 11.5 Å². The summed E-state index contributed by atoms with van der Waals surface area (Å²) in [5.41, 5.74) is 2.17. The summed E-state index contributed by atoms with van der Waals surface area (Å²) in [5.74, 6) is 1.13. The van der Waals surface area contributed by atoms with E-state index in [0.717, 1.165) is 12.0 Å². The molecular weight excluding hydrogens is 344 g/mol. The molecule has 0 unspecified atom stereocenters. The number of hydrogen-bond donors (Lipinski definition) is 1. The Morgan fingerprint density at radius 3 is 2.85 bits per heavy atom. The minimum atomic E-state index is -0.869. The van der Waals surface area contributed by atoms with E-state index in [0.29, 0.717) is 22.5 Å². The van der Waals surface area contributed by atoms with Crippen LogP contribution in [0.2, 0.25) is 0 Å². The van der Waals surface area contributed by atoms with Crippen molar-refractivity contribution in [1.82, 2.24) is 9.55 Å². The molecule has 0 amide bonds. The lowest BCUT2D eigenvalue weighted by molar-refractivity contribution is 0.0912. The molecular formula is C21H22N2O4. The number of rotatable bonds is 8. The minimum absolute atomic E-state index is 0.0280. The number of para-hydroxylation sites is 2. The van der Waals surface area contributed by atoms with E-state index < -0.39 is 6.10 Å². The maximum absolute atomic E-state index is 12.2. The number of hydrogen-bond acceptors (Lipinski definition) is 5.